The molecule has 1 aliphatic carbocycles. The Kier molecular flexibility index (Phi) is 6.40. The first-order chi connectivity index (χ1) is 13.3. The van der Waals surface area contributed by atoms with Gasteiger partial charge in [-0.1, -0.05) is 43.7 Å². The van der Waals surface area contributed by atoms with Gasteiger partial charge in [0.2, 0.25) is 5.92 Å². The van der Waals surface area contributed by atoms with Gasteiger partial charge in [-0.2, -0.15) is 0 Å². The van der Waals surface area contributed by atoms with Crippen molar-refractivity contribution in [1.82, 2.24) is 4.90 Å². The first-order valence-corrected chi connectivity index (χ1v) is 10.5. The van der Waals surface area contributed by atoms with Gasteiger partial charge in [-0.25, -0.2) is 8.78 Å². The van der Waals surface area contributed by atoms with Crippen LogP contribution in [-0.2, 0) is 10.4 Å². The summed E-state index contributed by atoms with van der Waals surface area (Å²) in [5.74, 6) is -3.11. The number of carbonyl (C=O) groups is 1. The molecule has 2 aliphatic rings. The van der Waals surface area contributed by atoms with Crippen LogP contribution < -0.4 is 5.73 Å². The van der Waals surface area contributed by atoms with Gasteiger partial charge in [0.15, 0.2) is 5.60 Å². The number of rotatable bonds is 6. The lowest BCUT2D eigenvalue weighted by Crippen LogP contribution is -2.53. The van der Waals surface area contributed by atoms with Crippen molar-refractivity contribution in [2.75, 3.05) is 19.6 Å². The maximum Gasteiger partial charge on any atom is 0.259 e. The summed E-state index contributed by atoms with van der Waals surface area (Å²) in [6.45, 7) is 3.85. The molecule has 2 fully saturated rings. The van der Waals surface area contributed by atoms with Crippen LogP contribution in [0.1, 0.15) is 51.0 Å². The monoisotopic (exact) mass is 394 g/mol. The van der Waals surface area contributed by atoms with E-state index in [4.69, 9.17) is 5.73 Å². The van der Waals surface area contributed by atoms with E-state index in [1.54, 1.807) is 35.2 Å². The highest BCUT2D eigenvalue weighted by Crippen LogP contribution is 2.48. The van der Waals surface area contributed by atoms with E-state index in [1.165, 1.54) is 0 Å². The number of amides is 1. The summed E-state index contributed by atoms with van der Waals surface area (Å²) in [7, 11) is 0. The summed E-state index contributed by atoms with van der Waals surface area (Å²) < 4.78 is 27.8. The summed E-state index contributed by atoms with van der Waals surface area (Å²) in [5.41, 5.74) is 4.39. The molecule has 1 saturated carbocycles. The van der Waals surface area contributed by atoms with Crippen LogP contribution >= 0.6 is 0 Å². The quantitative estimate of drug-likeness (QED) is 0.776. The van der Waals surface area contributed by atoms with Crippen LogP contribution in [0.3, 0.4) is 0 Å². The Morgan fingerprint density at radius 2 is 1.93 bits per heavy atom. The molecule has 4 nitrogen and oxygen atoms in total. The summed E-state index contributed by atoms with van der Waals surface area (Å²) in [6, 6.07) is 8.60. The van der Waals surface area contributed by atoms with Crippen molar-refractivity contribution in [2.45, 2.75) is 57.0 Å². The zero-order chi connectivity index (χ0) is 20.4. The van der Waals surface area contributed by atoms with E-state index in [0.717, 1.165) is 19.3 Å². The Balaban J connectivity index is 1.81. The Bertz CT molecular complexity index is 658. The number of nitrogens with two attached hydrogens (primary N) is 1. The lowest BCUT2D eigenvalue weighted by molar-refractivity contribution is -0.162. The minimum Gasteiger partial charge on any atom is -0.375 e. The summed E-state index contributed by atoms with van der Waals surface area (Å²) in [6.07, 6.45) is 2.11. The second-order valence-corrected chi connectivity index (χ2v) is 8.46. The van der Waals surface area contributed by atoms with Gasteiger partial charge < -0.3 is 15.7 Å². The van der Waals surface area contributed by atoms with E-state index in [2.05, 4.69) is 6.92 Å². The number of halogens is 2. The molecule has 0 aromatic heterocycles. The lowest BCUT2D eigenvalue weighted by atomic mass is 9.77. The molecule has 156 valence electrons. The van der Waals surface area contributed by atoms with Gasteiger partial charge in [-0.15, -0.1) is 0 Å². The van der Waals surface area contributed by atoms with E-state index in [0.29, 0.717) is 37.0 Å². The summed E-state index contributed by atoms with van der Waals surface area (Å²) in [5, 5.41) is 11.6. The molecule has 3 atom stereocenters. The molecular formula is C22H32F2N2O2. The highest BCUT2D eigenvalue weighted by Gasteiger charge is 2.54. The van der Waals surface area contributed by atoms with Gasteiger partial charge in [-0.3, -0.25) is 4.79 Å². The number of hydrogen-bond donors (Lipinski definition) is 2. The molecule has 28 heavy (non-hydrogen) atoms. The molecule has 1 saturated heterocycles. The van der Waals surface area contributed by atoms with E-state index < -0.39 is 29.8 Å². The van der Waals surface area contributed by atoms with Gasteiger partial charge in [0.25, 0.3) is 5.91 Å². The van der Waals surface area contributed by atoms with Crippen LogP contribution in [0.5, 0.6) is 0 Å². The Hall–Kier alpha value is -1.53. The molecular weight excluding hydrogens is 362 g/mol. The van der Waals surface area contributed by atoms with Gasteiger partial charge in [0.1, 0.15) is 0 Å². The molecule has 1 aliphatic heterocycles. The molecule has 3 N–H and O–H groups in total. The first-order valence-electron chi connectivity index (χ1n) is 10.5. The van der Waals surface area contributed by atoms with Crippen molar-refractivity contribution in [1.29, 1.82) is 0 Å². The van der Waals surface area contributed by atoms with Crippen molar-refractivity contribution < 1.29 is 18.7 Å². The van der Waals surface area contributed by atoms with Gasteiger partial charge in [0.05, 0.1) is 0 Å². The largest absolute Gasteiger partial charge is 0.375 e. The zero-order valence-electron chi connectivity index (χ0n) is 16.6. The third-order valence-electron chi connectivity index (χ3n) is 6.85. The smallest absolute Gasteiger partial charge is 0.259 e. The fourth-order valence-corrected chi connectivity index (χ4v) is 5.04. The number of nitrogens with zero attached hydrogens (tertiary/aromatic N) is 1. The van der Waals surface area contributed by atoms with Crippen LogP contribution in [0.15, 0.2) is 30.3 Å². The normalized spacial score (nSPS) is 26.0. The van der Waals surface area contributed by atoms with Crippen molar-refractivity contribution >= 4 is 5.91 Å². The fourth-order valence-electron chi connectivity index (χ4n) is 5.04. The molecule has 0 spiro atoms. The predicted molar refractivity (Wildman–Crippen MR) is 105 cm³/mol. The van der Waals surface area contributed by atoms with Crippen molar-refractivity contribution in [2.24, 2.45) is 23.5 Å². The second kappa shape index (κ2) is 8.46. The average molecular weight is 395 g/mol. The Morgan fingerprint density at radius 1 is 1.29 bits per heavy atom. The SMILES string of the molecule is CCC(CN)C1CCN(C(=O)[C@](O)(c2ccccc2)[C@@H]2CCC(F)(F)C2)CC1. The van der Waals surface area contributed by atoms with Crippen LogP contribution in [0.4, 0.5) is 8.78 Å². The molecule has 0 radical (unpaired) electrons. The van der Waals surface area contributed by atoms with Crippen molar-refractivity contribution in [3.05, 3.63) is 35.9 Å². The van der Waals surface area contributed by atoms with E-state index in [-0.39, 0.29) is 12.8 Å². The van der Waals surface area contributed by atoms with Gasteiger partial charge >= 0.3 is 0 Å². The molecule has 1 aromatic carbocycles. The fraction of sp³-hybridized carbons (Fsp3) is 0.682. The molecule has 1 amide bonds. The standard InChI is InChI=1S/C22H32F2N2O2/c1-2-16(15-25)17-9-12-26(13-10-17)20(27)22(28,18-6-4-3-5-7-18)19-8-11-21(23,24)14-19/h3-7,16-17,19,28H,2,8-15,25H2,1H3/t16?,19-,22+/m1/s1. The zero-order valence-corrected chi connectivity index (χ0v) is 16.6. The third kappa shape index (κ3) is 4.08. The van der Waals surface area contributed by atoms with Crippen LogP contribution in [-0.4, -0.2) is 41.5 Å². The van der Waals surface area contributed by atoms with Gasteiger partial charge in [0, 0.05) is 31.8 Å². The van der Waals surface area contributed by atoms with Gasteiger partial charge in [-0.05, 0) is 43.2 Å². The van der Waals surface area contributed by atoms with Crippen molar-refractivity contribution in [3.63, 3.8) is 0 Å². The molecule has 1 heterocycles. The number of hydrogen-bond acceptors (Lipinski definition) is 3. The molecule has 1 aromatic rings. The lowest BCUT2D eigenvalue weighted by Gasteiger charge is -2.41. The van der Waals surface area contributed by atoms with Crippen LogP contribution in [0.2, 0.25) is 0 Å². The number of carbonyl (C=O) groups excluding carboxylic acids is 1. The van der Waals surface area contributed by atoms with E-state index in [1.807, 2.05) is 0 Å². The molecule has 0 bridgehead atoms. The summed E-state index contributed by atoms with van der Waals surface area (Å²) in [4.78, 5) is 15.1. The maximum atomic E-state index is 13.9. The molecule has 1 unspecified atom stereocenters. The predicted octanol–water partition coefficient (Wildman–Crippen LogP) is 3.53. The van der Waals surface area contributed by atoms with E-state index >= 15 is 0 Å². The average Bonchev–Trinajstić information content (AvgIpc) is 3.09. The third-order valence-corrected chi connectivity index (χ3v) is 6.85. The van der Waals surface area contributed by atoms with Crippen LogP contribution in [0, 0.1) is 17.8 Å². The number of benzene rings is 1. The van der Waals surface area contributed by atoms with Crippen molar-refractivity contribution in [3.8, 4) is 0 Å². The molecule has 6 heteroatoms. The number of aliphatic hydroxyl groups is 1. The second-order valence-electron chi connectivity index (χ2n) is 8.46. The number of likely N-dealkylation sites (tertiary alicyclic amines) is 1. The van der Waals surface area contributed by atoms with Crippen LogP contribution in [0.25, 0.3) is 0 Å². The number of alkyl halides is 2. The number of piperidine rings is 1. The highest BCUT2D eigenvalue weighted by molar-refractivity contribution is 5.87. The summed E-state index contributed by atoms with van der Waals surface area (Å²) >= 11 is 0. The topological polar surface area (TPSA) is 66.6 Å². The van der Waals surface area contributed by atoms with E-state index in [9.17, 15) is 18.7 Å². The Labute approximate surface area is 166 Å². The minimum atomic E-state index is -2.82. The maximum absolute atomic E-state index is 13.9. The minimum absolute atomic E-state index is 0.145. The molecule has 3 rings (SSSR count). The first kappa shape index (κ1) is 21.2. The Morgan fingerprint density at radius 3 is 2.43 bits per heavy atom. The highest BCUT2D eigenvalue weighted by atomic mass is 19.3.